The standard InChI is InChI=1S/C15H12N4/c1-17-10-11-6-5-9-13-14(11)18-19(15(13)16)12-7-3-2-4-8-12/h2-9H,10,16H2. The fourth-order valence-electron chi connectivity index (χ4n) is 2.16. The maximum atomic E-state index is 7.00. The second-order valence-electron chi connectivity index (χ2n) is 4.26. The molecule has 2 N–H and O–H groups in total. The second kappa shape index (κ2) is 4.46. The average molecular weight is 248 g/mol. The number of nitrogen functional groups attached to an aromatic ring is 1. The lowest BCUT2D eigenvalue weighted by Gasteiger charge is -2.02. The number of nitrogens with zero attached hydrogens (tertiary/aromatic N) is 3. The summed E-state index contributed by atoms with van der Waals surface area (Å²) in [7, 11) is 0. The van der Waals surface area contributed by atoms with Gasteiger partial charge in [-0.2, -0.15) is 5.10 Å². The molecule has 0 spiro atoms. The van der Waals surface area contributed by atoms with Crippen LogP contribution in [0.15, 0.2) is 48.5 Å². The third-order valence-electron chi connectivity index (χ3n) is 3.07. The van der Waals surface area contributed by atoms with E-state index in [-0.39, 0.29) is 0 Å². The summed E-state index contributed by atoms with van der Waals surface area (Å²) in [6.45, 7) is 7.32. The van der Waals surface area contributed by atoms with E-state index in [4.69, 9.17) is 12.3 Å². The molecule has 3 rings (SSSR count). The molecular weight excluding hydrogens is 236 g/mol. The van der Waals surface area contributed by atoms with Gasteiger partial charge >= 0.3 is 0 Å². The Morgan fingerprint density at radius 3 is 2.63 bits per heavy atom. The molecule has 92 valence electrons. The highest BCUT2D eigenvalue weighted by atomic mass is 15.3. The number of para-hydroxylation sites is 1. The van der Waals surface area contributed by atoms with Crippen LogP contribution in [-0.4, -0.2) is 9.78 Å². The van der Waals surface area contributed by atoms with Crippen molar-refractivity contribution in [2.45, 2.75) is 6.54 Å². The predicted molar refractivity (Wildman–Crippen MR) is 75.8 cm³/mol. The van der Waals surface area contributed by atoms with E-state index in [9.17, 15) is 0 Å². The van der Waals surface area contributed by atoms with Crippen molar-refractivity contribution in [1.29, 1.82) is 0 Å². The molecule has 0 amide bonds. The van der Waals surface area contributed by atoms with Gasteiger partial charge < -0.3 is 10.6 Å². The minimum Gasteiger partial charge on any atom is -0.383 e. The van der Waals surface area contributed by atoms with Crippen LogP contribution in [-0.2, 0) is 6.54 Å². The zero-order chi connectivity index (χ0) is 13.2. The van der Waals surface area contributed by atoms with Gasteiger partial charge in [0, 0.05) is 5.39 Å². The summed E-state index contributed by atoms with van der Waals surface area (Å²) in [5.41, 5.74) is 8.80. The largest absolute Gasteiger partial charge is 0.383 e. The Morgan fingerprint density at radius 2 is 1.89 bits per heavy atom. The zero-order valence-electron chi connectivity index (χ0n) is 10.2. The molecule has 1 aromatic heterocycles. The Kier molecular flexibility index (Phi) is 2.66. The number of hydrogen-bond donors (Lipinski definition) is 1. The van der Waals surface area contributed by atoms with Crippen molar-refractivity contribution in [3.05, 3.63) is 65.5 Å². The molecule has 0 saturated heterocycles. The van der Waals surface area contributed by atoms with E-state index in [0.29, 0.717) is 12.4 Å². The van der Waals surface area contributed by atoms with Gasteiger partial charge in [0.25, 0.3) is 0 Å². The van der Waals surface area contributed by atoms with Crippen molar-refractivity contribution < 1.29 is 0 Å². The van der Waals surface area contributed by atoms with Crippen molar-refractivity contribution in [3.8, 4) is 5.69 Å². The SMILES string of the molecule is [C-]#[N+]Cc1cccc2c(N)n(-c3ccccc3)nc12. The number of hydrogen-bond acceptors (Lipinski definition) is 2. The molecule has 0 unspecified atom stereocenters. The Labute approximate surface area is 110 Å². The number of nitrogens with two attached hydrogens (primary N) is 1. The molecule has 0 aliphatic rings. The fourth-order valence-corrected chi connectivity index (χ4v) is 2.16. The number of anilines is 1. The highest BCUT2D eigenvalue weighted by Gasteiger charge is 2.13. The maximum absolute atomic E-state index is 7.00. The quantitative estimate of drug-likeness (QED) is 0.709. The minimum atomic E-state index is 0.322. The molecular formula is C15H12N4. The summed E-state index contributed by atoms with van der Waals surface area (Å²) < 4.78 is 1.72. The van der Waals surface area contributed by atoms with Crippen LogP contribution < -0.4 is 5.73 Å². The van der Waals surface area contributed by atoms with Crippen LogP contribution in [0.3, 0.4) is 0 Å². The van der Waals surface area contributed by atoms with Gasteiger partial charge in [-0.05, 0) is 24.3 Å². The number of rotatable bonds is 2. The zero-order valence-corrected chi connectivity index (χ0v) is 10.2. The molecule has 1 heterocycles. The Morgan fingerprint density at radius 1 is 1.11 bits per heavy atom. The van der Waals surface area contributed by atoms with Crippen molar-refractivity contribution in [1.82, 2.24) is 9.78 Å². The normalized spacial score (nSPS) is 10.5. The van der Waals surface area contributed by atoms with Crippen LogP contribution in [0.2, 0.25) is 0 Å². The van der Waals surface area contributed by atoms with Gasteiger partial charge in [0.1, 0.15) is 11.3 Å². The Balaban J connectivity index is 2.26. The van der Waals surface area contributed by atoms with Crippen LogP contribution >= 0.6 is 0 Å². The molecule has 0 fully saturated rings. The fraction of sp³-hybridized carbons (Fsp3) is 0.0667. The monoisotopic (exact) mass is 248 g/mol. The third kappa shape index (κ3) is 1.81. The molecule has 19 heavy (non-hydrogen) atoms. The molecule has 3 aromatic rings. The molecule has 4 heteroatoms. The van der Waals surface area contributed by atoms with E-state index in [1.54, 1.807) is 4.68 Å². The van der Waals surface area contributed by atoms with Crippen molar-refractivity contribution in [2.75, 3.05) is 5.73 Å². The van der Waals surface area contributed by atoms with Crippen molar-refractivity contribution in [2.24, 2.45) is 0 Å². The van der Waals surface area contributed by atoms with Gasteiger partial charge in [-0.25, -0.2) is 11.3 Å². The van der Waals surface area contributed by atoms with Gasteiger partial charge in [0.05, 0.1) is 11.3 Å². The van der Waals surface area contributed by atoms with E-state index >= 15 is 0 Å². The molecule has 0 saturated carbocycles. The summed E-state index contributed by atoms with van der Waals surface area (Å²) in [6, 6.07) is 15.5. The first kappa shape index (κ1) is 11.3. The molecule has 0 aliphatic carbocycles. The average Bonchev–Trinajstić information content (AvgIpc) is 2.79. The van der Waals surface area contributed by atoms with E-state index in [2.05, 4.69) is 9.94 Å². The number of benzene rings is 2. The van der Waals surface area contributed by atoms with E-state index < -0.39 is 0 Å². The highest BCUT2D eigenvalue weighted by molar-refractivity contribution is 5.92. The van der Waals surface area contributed by atoms with Crippen molar-refractivity contribution in [3.63, 3.8) is 0 Å². The topological polar surface area (TPSA) is 48.2 Å². The van der Waals surface area contributed by atoms with E-state index in [0.717, 1.165) is 22.2 Å². The molecule has 0 atom stereocenters. The summed E-state index contributed by atoms with van der Waals surface area (Å²) in [6.07, 6.45) is 0. The predicted octanol–water partition coefficient (Wildman–Crippen LogP) is 3.03. The molecule has 2 aromatic carbocycles. The van der Waals surface area contributed by atoms with Crippen LogP contribution in [0.5, 0.6) is 0 Å². The van der Waals surface area contributed by atoms with Crippen molar-refractivity contribution >= 4 is 16.7 Å². The van der Waals surface area contributed by atoms with Gasteiger partial charge in [-0.3, -0.25) is 0 Å². The van der Waals surface area contributed by atoms with Crippen LogP contribution in [0.1, 0.15) is 5.56 Å². The third-order valence-corrected chi connectivity index (χ3v) is 3.07. The maximum Gasteiger partial charge on any atom is 0.241 e. The molecule has 4 nitrogen and oxygen atoms in total. The van der Waals surface area contributed by atoms with Gasteiger partial charge in [-0.15, -0.1) is 0 Å². The Bertz CT molecular complexity index is 766. The summed E-state index contributed by atoms with van der Waals surface area (Å²) in [4.78, 5) is 3.43. The first-order valence-corrected chi connectivity index (χ1v) is 5.96. The first-order valence-electron chi connectivity index (χ1n) is 5.96. The lowest BCUT2D eigenvalue weighted by molar-refractivity contribution is 0.905. The van der Waals surface area contributed by atoms with E-state index in [1.807, 2.05) is 48.5 Å². The van der Waals surface area contributed by atoms with Gasteiger partial charge in [0.2, 0.25) is 6.54 Å². The molecule has 0 aliphatic heterocycles. The molecule has 0 bridgehead atoms. The summed E-state index contributed by atoms with van der Waals surface area (Å²) >= 11 is 0. The first-order chi connectivity index (χ1) is 9.31. The highest BCUT2D eigenvalue weighted by Crippen LogP contribution is 2.26. The lowest BCUT2D eigenvalue weighted by atomic mass is 10.1. The number of aromatic nitrogens is 2. The van der Waals surface area contributed by atoms with Crippen LogP contribution in [0, 0.1) is 6.57 Å². The van der Waals surface area contributed by atoms with Gasteiger partial charge in [-0.1, -0.05) is 24.3 Å². The summed E-state index contributed by atoms with van der Waals surface area (Å²) in [5.74, 6) is 0.605. The molecule has 0 radical (unpaired) electrons. The van der Waals surface area contributed by atoms with Crippen LogP contribution in [0.25, 0.3) is 21.4 Å². The lowest BCUT2D eigenvalue weighted by Crippen LogP contribution is -2.01. The van der Waals surface area contributed by atoms with Gasteiger partial charge in [0.15, 0.2) is 0 Å². The Hall–Kier alpha value is -2.80. The second-order valence-corrected chi connectivity index (χ2v) is 4.26. The van der Waals surface area contributed by atoms with Crippen LogP contribution in [0.4, 0.5) is 5.82 Å². The minimum absolute atomic E-state index is 0.322. The summed E-state index contributed by atoms with van der Waals surface area (Å²) in [5, 5.41) is 5.44. The number of fused-ring (bicyclic) bond motifs is 1. The van der Waals surface area contributed by atoms with E-state index in [1.165, 1.54) is 0 Å². The smallest absolute Gasteiger partial charge is 0.241 e.